The van der Waals surface area contributed by atoms with Crippen LogP contribution in [0.3, 0.4) is 0 Å². The summed E-state index contributed by atoms with van der Waals surface area (Å²) in [7, 11) is 0. The molecule has 24 heavy (non-hydrogen) atoms. The highest BCUT2D eigenvalue weighted by atomic mass is 19.4. The van der Waals surface area contributed by atoms with Crippen LogP contribution in [0.15, 0.2) is 29.1 Å². The number of rotatable bonds is 3. The maximum absolute atomic E-state index is 12.9. The Morgan fingerprint density at radius 2 is 1.96 bits per heavy atom. The minimum atomic E-state index is -4.53. The van der Waals surface area contributed by atoms with Crippen LogP contribution in [0.5, 0.6) is 0 Å². The van der Waals surface area contributed by atoms with Crippen LogP contribution in [0, 0.1) is 13.8 Å². The molecule has 1 aromatic heterocycles. The first kappa shape index (κ1) is 17.7. The van der Waals surface area contributed by atoms with Gasteiger partial charge < -0.3 is 5.32 Å². The van der Waals surface area contributed by atoms with Crippen molar-refractivity contribution in [3.8, 4) is 5.69 Å². The summed E-state index contributed by atoms with van der Waals surface area (Å²) < 4.78 is 39.8. The largest absolute Gasteiger partial charge is 0.416 e. The van der Waals surface area contributed by atoms with Gasteiger partial charge in [-0.05, 0) is 39.0 Å². The van der Waals surface area contributed by atoms with E-state index >= 15 is 0 Å². The SMILES string of the molecule is CCNC(=O)c1nc(C)c(C)n(-c2cccc(C(F)(F)F)c2)c1=O. The number of hydrogen-bond acceptors (Lipinski definition) is 3. The normalized spacial score (nSPS) is 11.4. The standard InChI is InChI=1S/C16H16F3N3O2/c1-4-20-14(23)13-15(24)22(10(3)9(2)21-13)12-7-5-6-11(8-12)16(17,18)19/h5-8H,4H2,1-3H3,(H,20,23). The highest BCUT2D eigenvalue weighted by Crippen LogP contribution is 2.30. The Balaban J connectivity index is 2.71. The summed E-state index contributed by atoms with van der Waals surface area (Å²) >= 11 is 0. The van der Waals surface area contributed by atoms with Gasteiger partial charge in [0.25, 0.3) is 11.5 Å². The lowest BCUT2D eigenvalue weighted by molar-refractivity contribution is -0.137. The molecule has 8 heteroatoms. The molecule has 0 saturated heterocycles. The van der Waals surface area contributed by atoms with E-state index in [0.29, 0.717) is 17.9 Å². The van der Waals surface area contributed by atoms with Crippen LogP contribution >= 0.6 is 0 Å². The second-order valence-electron chi connectivity index (χ2n) is 5.18. The number of alkyl halides is 3. The number of nitrogens with zero attached hydrogens (tertiary/aromatic N) is 2. The van der Waals surface area contributed by atoms with Gasteiger partial charge in [0.2, 0.25) is 0 Å². The summed E-state index contributed by atoms with van der Waals surface area (Å²) in [4.78, 5) is 28.5. The number of aryl methyl sites for hydroxylation is 1. The second kappa shape index (κ2) is 6.46. The maximum atomic E-state index is 12.9. The average Bonchev–Trinajstić information content (AvgIpc) is 2.51. The molecule has 2 rings (SSSR count). The third kappa shape index (κ3) is 3.32. The van der Waals surface area contributed by atoms with Crippen molar-refractivity contribution in [2.24, 2.45) is 0 Å². The van der Waals surface area contributed by atoms with Crippen molar-refractivity contribution >= 4 is 5.91 Å². The van der Waals surface area contributed by atoms with Crippen molar-refractivity contribution in [1.82, 2.24) is 14.9 Å². The Bertz CT molecular complexity index is 841. The second-order valence-corrected chi connectivity index (χ2v) is 5.18. The number of hydrogen-bond donors (Lipinski definition) is 1. The zero-order valence-electron chi connectivity index (χ0n) is 13.4. The van der Waals surface area contributed by atoms with Gasteiger partial charge in [-0.15, -0.1) is 0 Å². The summed E-state index contributed by atoms with van der Waals surface area (Å²) in [6.07, 6.45) is -4.53. The zero-order valence-corrected chi connectivity index (χ0v) is 13.4. The van der Waals surface area contributed by atoms with Gasteiger partial charge in [0.1, 0.15) is 0 Å². The van der Waals surface area contributed by atoms with E-state index in [4.69, 9.17) is 0 Å². The number of aromatic nitrogens is 2. The summed E-state index contributed by atoms with van der Waals surface area (Å²) in [5, 5.41) is 2.47. The van der Waals surface area contributed by atoms with Crippen LogP contribution in [0.2, 0.25) is 0 Å². The molecule has 0 fully saturated rings. The van der Waals surface area contributed by atoms with E-state index in [1.807, 2.05) is 0 Å². The molecular formula is C16H16F3N3O2. The molecule has 0 aliphatic heterocycles. The Morgan fingerprint density at radius 1 is 1.29 bits per heavy atom. The first-order valence-electron chi connectivity index (χ1n) is 7.23. The van der Waals surface area contributed by atoms with E-state index in [2.05, 4.69) is 10.3 Å². The van der Waals surface area contributed by atoms with Crippen LogP contribution in [0.1, 0.15) is 34.4 Å². The predicted molar refractivity (Wildman–Crippen MR) is 82.3 cm³/mol. The van der Waals surface area contributed by atoms with Gasteiger partial charge in [0.05, 0.1) is 11.3 Å². The Morgan fingerprint density at radius 3 is 2.54 bits per heavy atom. The van der Waals surface area contributed by atoms with Crippen molar-refractivity contribution < 1.29 is 18.0 Å². The van der Waals surface area contributed by atoms with Gasteiger partial charge in [-0.3, -0.25) is 14.2 Å². The molecule has 2 aromatic rings. The highest BCUT2D eigenvalue weighted by molar-refractivity contribution is 5.92. The molecule has 0 aliphatic rings. The van der Waals surface area contributed by atoms with Gasteiger partial charge in [0.15, 0.2) is 5.69 Å². The molecule has 0 unspecified atom stereocenters. The number of amides is 1. The van der Waals surface area contributed by atoms with Crippen LogP contribution in [0.4, 0.5) is 13.2 Å². The van der Waals surface area contributed by atoms with E-state index in [0.717, 1.165) is 16.7 Å². The Hall–Kier alpha value is -2.64. The molecule has 1 N–H and O–H groups in total. The minimum absolute atomic E-state index is 0.0309. The Labute approximate surface area is 136 Å². The van der Waals surface area contributed by atoms with Gasteiger partial charge in [-0.2, -0.15) is 13.2 Å². The molecular weight excluding hydrogens is 323 g/mol. The third-order valence-electron chi connectivity index (χ3n) is 3.53. The number of halogens is 3. The number of carbonyl (C=O) groups excluding carboxylic acids is 1. The summed E-state index contributed by atoms with van der Waals surface area (Å²) in [6, 6.07) is 4.38. The van der Waals surface area contributed by atoms with Gasteiger partial charge in [0, 0.05) is 17.9 Å². The first-order valence-corrected chi connectivity index (χ1v) is 7.23. The predicted octanol–water partition coefficient (Wildman–Crippen LogP) is 2.62. The van der Waals surface area contributed by atoms with E-state index < -0.39 is 23.2 Å². The minimum Gasteiger partial charge on any atom is -0.351 e. The lowest BCUT2D eigenvalue weighted by atomic mass is 10.1. The van der Waals surface area contributed by atoms with Crippen LogP contribution in [0.25, 0.3) is 5.69 Å². The molecule has 0 atom stereocenters. The van der Waals surface area contributed by atoms with Crippen molar-refractivity contribution in [2.45, 2.75) is 26.9 Å². The lowest BCUT2D eigenvalue weighted by Gasteiger charge is -2.15. The van der Waals surface area contributed by atoms with Gasteiger partial charge in [-0.25, -0.2) is 4.98 Å². The van der Waals surface area contributed by atoms with Crippen molar-refractivity contribution in [3.05, 3.63) is 57.3 Å². The summed E-state index contributed by atoms with van der Waals surface area (Å²) in [5.74, 6) is -0.661. The fourth-order valence-electron chi connectivity index (χ4n) is 2.24. The number of nitrogens with one attached hydrogen (secondary N) is 1. The molecule has 0 saturated carbocycles. The average molecular weight is 339 g/mol. The monoisotopic (exact) mass is 339 g/mol. The summed E-state index contributed by atoms with van der Waals surface area (Å²) in [6.45, 7) is 5.13. The summed E-state index contributed by atoms with van der Waals surface area (Å²) in [5.41, 5.74) is -1.20. The van der Waals surface area contributed by atoms with Crippen molar-refractivity contribution in [1.29, 1.82) is 0 Å². The number of benzene rings is 1. The highest BCUT2D eigenvalue weighted by Gasteiger charge is 2.31. The Kier molecular flexibility index (Phi) is 4.77. The molecule has 0 spiro atoms. The first-order chi connectivity index (χ1) is 11.2. The van der Waals surface area contributed by atoms with E-state index in [9.17, 15) is 22.8 Å². The van der Waals surface area contributed by atoms with Gasteiger partial charge in [-0.1, -0.05) is 6.07 Å². The van der Waals surface area contributed by atoms with Crippen molar-refractivity contribution in [3.63, 3.8) is 0 Å². The van der Waals surface area contributed by atoms with E-state index in [1.165, 1.54) is 12.1 Å². The van der Waals surface area contributed by atoms with Crippen LogP contribution < -0.4 is 10.9 Å². The lowest BCUT2D eigenvalue weighted by Crippen LogP contribution is -2.35. The molecule has 0 aliphatic carbocycles. The molecule has 1 heterocycles. The maximum Gasteiger partial charge on any atom is 0.416 e. The van der Waals surface area contributed by atoms with Crippen molar-refractivity contribution in [2.75, 3.05) is 6.54 Å². The van der Waals surface area contributed by atoms with E-state index in [-0.39, 0.29) is 11.4 Å². The molecule has 5 nitrogen and oxygen atoms in total. The topological polar surface area (TPSA) is 64.0 Å². The van der Waals surface area contributed by atoms with Gasteiger partial charge >= 0.3 is 6.18 Å². The van der Waals surface area contributed by atoms with Crippen LogP contribution in [-0.4, -0.2) is 22.0 Å². The smallest absolute Gasteiger partial charge is 0.351 e. The fraction of sp³-hybridized carbons (Fsp3) is 0.312. The molecule has 0 radical (unpaired) electrons. The quantitative estimate of drug-likeness (QED) is 0.935. The zero-order chi connectivity index (χ0) is 18.1. The molecule has 128 valence electrons. The molecule has 1 aromatic carbocycles. The third-order valence-corrected chi connectivity index (χ3v) is 3.53. The van der Waals surface area contributed by atoms with Crippen LogP contribution in [-0.2, 0) is 6.18 Å². The fourth-order valence-corrected chi connectivity index (χ4v) is 2.24. The molecule has 0 bridgehead atoms. The number of carbonyl (C=O) groups is 1. The van der Waals surface area contributed by atoms with E-state index in [1.54, 1.807) is 20.8 Å². The molecule has 1 amide bonds.